The molecule has 0 amide bonds. The van der Waals surface area contributed by atoms with E-state index in [1.807, 2.05) is 6.20 Å². The number of nitrogens with one attached hydrogen (secondary N) is 1. The van der Waals surface area contributed by atoms with E-state index in [0.29, 0.717) is 0 Å². The topological polar surface area (TPSA) is 33.6 Å². The monoisotopic (exact) mass is 217 g/mol. The van der Waals surface area contributed by atoms with Crippen LogP contribution in [0.5, 0.6) is 0 Å². The Hall–Kier alpha value is -1.51. The van der Waals surface area contributed by atoms with Crippen molar-refractivity contribution >= 4 is 0 Å². The molecule has 3 heteroatoms. The van der Waals surface area contributed by atoms with Crippen LogP contribution < -0.4 is 0 Å². The zero-order valence-corrected chi connectivity index (χ0v) is 10.2. The van der Waals surface area contributed by atoms with Crippen LogP contribution in [0.25, 0.3) is 0 Å². The molecule has 2 rings (SSSR count). The molecule has 1 N–H and O–H groups in total. The normalized spacial score (nSPS) is 10.9. The van der Waals surface area contributed by atoms with Crippen LogP contribution in [0.2, 0.25) is 0 Å². The molecule has 0 aliphatic carbocycles. The van der Waals surface area contributed by atoms with E-state index in [9.17, 15) is 0 Å². The van der Waals surface area contributed by atoms with Crippen LogP contribution in [0.3, 0.4) is 0 Å². The van der Waals surface area contributed by atoms with Gasteiger partial charge >= 0.3 is 0 Å². The summed E-state index contributed by atoms with van der Waals surface area (Å²) in [4.78, 5) is 0. The van der Waals surface area contributed by atoms with Gasteiger partial charge < -0.3 is 4.57 Å². The highest BCUT2D eigenvalue weighted by Gasteiger charge is 2.03. The first-order valence-corrected chi connectivity index (χ1v) is 5.80. The molecule has 2 aromatic heterocycles. The molecule has 0 unspecified atom stereocenters. The lowest BCUT2D eigenvalue weighted by molar-refractivity contribution is 0.617. The number of aromatic amines is 1. The SMILES string of the molecule is Cc1[nH]ncc1CCCn1c(C)ccc1C. The van der Waals surface area contributed by atoms with Crippen molar-refractivity contribution in [3.63, 3.8) is 0 Å². The molecule has 0 saturated carbocycles. The average Bonchev–Trinajstić information content (AvgIpc) is 2.79. The number of aryl methyl sites for hydroxylation is 4. The summed E-state index contributed by atoms with van der Waals surface area (Å²) < 4.78 is 2.37. The van der Waals surface area contributed by atoms with E-state index in [2.05, 4.69) is 47.7 Å². The third kappa shape index (κ3) is 2.18. The van der Waals surface area contributed by atoms with E-state index in [1.54, 1.807) is 0 Å². The molecule has 2 aromatic rings. The van der Waals surface area contributed by atoms with Gasteiger partial charge in [-0.15, -0.1) is 0 Å². The first-order chi connectivity index (χ1) is 7.68. The summed E-state index contributed by atoms with van der Waals surface area (Å²) in [5.41, 5.74) is 5.23. The fourth-order valence-corrected chi connectivity index (χ4v) is 2.11. The first kappa shape index (κ1) is 11.0. The third-order valence-electron chi connectivity index (χ3n) is 3.18. The van der Waals surface area contributed by atoms with Crippen molar-refractivity contribution in [3.05, 3.63) is 41.0 Å². The molecule has 0 aliphatic heterocycles. The van der Waals surface area contributed by atoms with Gasteiger partial charge in [-0.2, -0.15) is 5.10 Å². The molecule has 0 aromatic carbocycles. The predicted molar refractivity (Wildman–Crippen MR) is 65.6 cm³/mol. The molecule has 2 heterocycles. The van der Waals surface area contributed by atoms with Crippen molar-refractivity contribution in [2.75, 3.05) is 0 Å². The van der Waals surface area contributed by atoms with Crippen LogP contribution in [0.15, 0.2) is 18.3 Å². The zero-order valence-electron chi connectivity index (χ0n) is 10.2. The summed E-state index contributed by atoms with van der Waals surface area (Å²) in [6.45, 7) is 7.50. The van der Waals surface area contributed by atoms with E-state index in [0.717, 1.165) is 19.4 Å². The molecule has 0 atom stereocenters. The Kier molecular flexibility index (Phi) is 3.13. The Bertz CT molecular complexity index is 446. The third-order valence-corrected chi connectivity index (χ3v) is 3.18. The van der Waals surface area contributed by atoms with Crippen molar-refractivity contribution in [1.29, 1.82) is 0 Å². The van der Waals surface area contributed by atoms with Gasteiger partial charge in [0, 0.05) is 23.6 Å². The second-order valence-electron chi connectivity index (χ2n) is 4.39. The molecule has 0 saturated heterocycles. The summed E-state index contributed by atoms with van der Waals surface area (Å²) in [5, 5.41) is 7.02. The Morgan fingerprint density at radius 2 is 1.88 bits per heavy atom. The largest absolute Gasteiger partial charge is 0.349 e. The van der Waals surface area contributed by atoms with Crippen molar-refractivity contribution in [2.45, 2.75) is 40.2 Å². The molecule has 0 fully saturated rings. The summed E-state index contributed by atoms with van der Waals surface area (Å²) in [5.74, 6) is 0. The summed E-state index contributed by atoms with van der Waals surface area (Å²) in [7, 11) is 0. The number of aromatic nitrogens is 3. The quantitative estimate of drug-likeness (QED) is 0.839. The fraction of sp³-hybridized carbons (Fsp3) is 0.462. The zero-order chi connectivity index (χ0) is 11.5. The highest BCUT2D eigenvalue weighted by molar-refractivity contribution is 5.15. The maximum absolute atomic E-state index is 4.04. The summed E-state index contributed by atoms with van der Waals surface area (Å²) in [6.07, 6.45) is 4.20. The Morgan fingerprint density at radius 1 is 1.19 bits per heavy atom. The molecule has 0 bridgehead atoms. The first-order valence-electron chi connectivity index (χ1n) is 5.80. The average molecular weight is 217 g/mol. The van der Waals surface area contributed by atoms with Crippen LogP contribution in [0, 0.1) is 20.8 Å². The van der Waals surface area contributed by atoms with Gasteiger partial charge in [0.15, 0.2) is 0 Å². The number of nitrogens with zero attached hydrogens (tertiary/aromatic N) is 2. The fourth-order valence-electron chi connectivity index (χ4n) is 2.11. The number of rotatable bonds is 4. The van der Waals surface area contributed by atoms with Gasteiger partial charge in [0.05, 0.1) is 6.20 Å². The smallest absolute Gasteiger partial charge is 0.0522 e. The van der Waals surface area contributed by atoms with E-state index >= 15 is 0 Å². The van der Waals surface area contributed by atoms with Gasteiger partial charge in [-0.3, -0.25) is 5.10 Å². The molecule has 0 radical (unpaired) electrons. The number of H-pyrrole nitrogens is 1. The van der Waals surface area contributed by atoms with Crippen molar-refractivity contribution in [2.24, 2.45) is 0 Å². The minimum absolute atomic E-state index is 1.09. The lowest BCUT2D eigenvalue weighted by Crippen LogP contribution is -2.03. The summed E-state index contributed by atoms with van der Waals surface area (Å²) in [6, 6.07) is 4.36. The van der Waals surface area contributed by atoms with Crippen LogP contribution in [0.4, 0.5) is 0 Å². The van der Waals surface area contributed by atoms with Gasteiger partial charge in [-0.1, -0.05) is 0 Å². The molecule has 0 spiro atoms. The van der Waals surface area contributed by atoms with E-state index in [-0.39, 0.29) is 0 Å². The van der Waals surface area contributed by atoms with Gasteiger partial charge in [0.1, 0.15) is 0 Å². The van der Waals surface area contributed by atoms with Crippen LogP contribution in [-0.4, -0.2) is 14.8 Å². The summed E-state index contributed by atoms with van der Waals surface area (Å²) >= 11 is 0. The van der Waals surface area contributed by atoms with Crippen molar-refractivity contribution < 1.29 is 0 Å². The van der Waals surface area contributed by atoms with E-state index < -0.39 is 0 Å². The number of hydrogen-bond donors (Lipinski definition) is 1. The Labute approximate surface area is 96.5 Å². The van der Waals surface area contributed by atoms with E-state index in [4.69, 9.17) is 0 Å². The maximum Gasteiger partial charge on any atom is 0.0522 e. The maximum atomic E-state index is 4.04. The van der Waals surface area contributed by atoms with Crippen LogP contribution in [-0.2, 0) is 13.0 Å². The van der Waals surface area contributed by atoms with Crippen LogP contribution >= 0.6 is 0 Å². The molecule has 0 aliphatic rings. The lowest BCUT2D eigenvalue weighted by atomic mass is 10.1. The minimum Gasteiger partial charge on any atom is -0.349 e. The highest BCUT2D eigenvalue weighted by atomic mass is 15.1. The van der Waals surface area contributed by atoms with Gasteiger partial charge in [0.25, 0.3) is 0 Å². The van der Waals surface area contributed by atoms with E-state index in [1.165, 1.54) is 22.6 Å². The second kappa shape index (κ2) is 4.56. The van der Waals surface area contributed by atoms with Crippen LogP contribution in [0.1, 0.15) is 29.1 Å². The molecular weight excluding hydrogens is 198 g/mol. The molecular formula is C13H19N3. The predicted octanol–water partition coefficient (Wildman–Crippen LogP) is 2.77. The van der Waals surface area contributed by atoms with Crippen molar-refractivity contribution in [1.82, 2.24) is 14.8 Å². The Balaban J connectivity index is 1.92. The molecule has 86 valence electrons. The van der Waals surface area contributed by atoms with Gasteiger partial charge in [-0.25, -0.2) is 0 Å². The lowest BCUT2D eigenvalue weighted by Gasteiger charge is -2.08. The van der Waals surface area contributed by atoms with Crippen molar-refractivity contribution in [3.8, 4) is 0 Å². The molecule has 3 nitrogen and oxygen atoms in total. The minimum atomic E-state index is 1.09. The number of hydrogen-bond acceptors (Lipinski definition) is 1. The van der Waals surface area contributed by atoms with Gasteiger partial charge in [0.2, 0.25) is 0 Å². The standard InChI is InChI=1S/C13H19N3/c1-10-6-7-11(2)16(10)8-4-5-13-9-14-15-12(13)3/h6-7,9H,4-5,8H2,1-3H3,(H,14,15). The van der Waals surface area contributed by atoms with Gasteiger partial charge in [-0.05, 0) is 51.3 Å². The highest BCUT2D eigenvalue weighted by Crippen LogP contribution is 2.11. The second-order valence-corrected chi connectivity index (χ2v) is 4.39. The molecule has 16 heavy (non-hydrogen) atoms. The Morgan fingerprint density at radius 3 is 2.44 bits per heavy atom.